The summed E-state index contributed by atoms with van der Waals surface area (Å²) in [5.41, 5.74) is 8.47. The number of anilines is 3. The number of hydrogen-bond acceptors (Lipinski definition) is 9. The van der Waals surface area contributed by atoms with Gasteiger partial charge in [0.15, 0.2) is 10.9 Å². The van der Waals surface area contributed by atoms with E-state index in [2.05, 4.69) is 25.3 Å². The van der Waals surface area contributed by atoms with Gasteiger partial charge in [0.2, 0.25) is 5.91 Å². The van der Waals surface area contributed by atoms with Crippen LogP contribution in [0.1, 0.15) is 28.9 Å². The lowest BCUT2D eigenvalue weighted by Gasteiger charge is -2.10. The van der Waals surface area contributed by atoms with Gasteiger partial charge in [-0.1, -0.05) is 23.2 Å². The molecule has 5 aromatic rings. The minimum Gasteiger partial charge on any atom is -0.382 e. The molecule has 3 N–H and O–H groups in total. The molecular weight excluding hydrogens is 613 g/mol. The highest BCUT2D eigenvalue weighted by atomic mass is 35.5. The fourth-order valence-corrected chi connectivity index (χ4v) is 5.98. The summed E-state index contributed by atoms with van der Waals surface area (Å²) in [7, 11) is 1.65. The minimum atomic E-state index is -0.610. The second-order valence-electron chi connectivity index (χ2n) is 9.74. The van der Waals surface area contributed by atoms with Gasteiger partial charge >= 0.3 is 0 Å². The minimum absolute atomic E-state index is 0.0521. The van der Waals surface area contributed by atoms with E-state index in [1.54, 1.807) is 53.9 Å². The standard InChI is InChI=1S/C28H23Cl2N9O3S/c1-14-23(27(42)39(37(14)2)21-10-15(29)5-7-17(21)30)26(41)34-16-6-8-18(32-11-16)24-25(31)33-12-19(35-24)20-13-43-28(36-20)38-9-3-4-22(38)40/h5-8,10-13H,3-4,9H2,1-2H3,(H2,31,33)(H,34,41). The number of amides is 2. The van der Waals surface area contributed by atoms with Crippen molar-refractivity contribution in [1.29, 1.82) is 0 Å². The van der Waals surface area contributed by atoms with Crippen molar-refractivity contribution in [3.8, 4) is 28.5 Å². The molecule has 0 saturated carbocycles. The van der Waals surface area contributed by atoms with E-state index >= 15 is 0 Å². The number of carbonyl (C=O) groups is 2. The smallest absolute Gasteiger partial charge is 0.284 e. The first kappa shape index (κ1) is 28.5. The number of nitrogens with zero attached hydrogens (tertiary/aromatic N) is 7. The Balaban J connectivity index is 1.24. The third kappa shape index (κ3) is 5.26. The summed E-state index contributed by atoms with van der Waals surface area (Å²) in [5, 5.41) is 5.86. The molecule has 0 bridgehead atoms. The molecule has 0 aliphatic carbocycles. The number of benzene rings is 1. The molecule has 5 heterocycles. The van der Waals surface area contributed by atoms with Crippen molar-refractivity contribution in [2.45, 2.75) is 19.8 Å². The topological polar surface area (TPSA) is 154 Å². The summed E-state index contributed by atoms with van der Waals surface area (Å²) in [4.78, 5) is 58.2. The molecule has 0 unspecified atom stereocenters. The van der Waals surface area contributed by atoms with Crippen molar-refractivity contribution in [2.24, 2.45) is 7.05 Å². The summed E-state index contributed by atoms with van der Waals surface area (Å²) < 4.78 is 2.83. The lowest BCUT2D eigenvalue weighted by atomic mass is 10.2. The molecular formula is C28H23Cl2N9O3S. The predicted octanol–water partition coefficient (Wildman–Crippen LogP) is 4.73. The van der Waals surface area contributed by atoms with E-state index in [4.69, 9.17) is 28.9 Å². The molecule has 4 aromatic heterocycles. The molecule has 1 aliphatic rings. The van der Waals surface area contributed by atoms with Crippen LogP contribution in [0, 0.1) is 6.92 Å². The molecule has 2 amide bonds. The number of rotatable bonds is 6. The molecule has 12 nitrogen and oxygen atoms in total. The fourth-order valence-electron chi connectivity index (χ4n) is 4.76. The highest BCUT2D eigenvalue weighted by Crippen LogP contribution is 2.31. The van der Waals surface area contributed by atoms with Crippen LogP contribution in [0.5, 0.6) is 0 Å². The number of nitrogens with two attached hydrogens (primary N) is 1. The third-order valence-electron chi connectivity index (χ3n) is 7.04. The highest BCUT2D eigenvalue weighted by Gasteiger charge is 2.26. The van der Waals surface area contributed by atoms with Crippen molar-refractivity contribution in [3.05, 3.63) is 79.8 Å². The van der Waals surface area contributed by atoms with Crippen LogP contribution in [0.3, 0.4) is 0 Å². The van der Waals surface area contributed by atoms with Crippen molar-refractivity contribution in [2.75, 3.05) is 22.5 Å². The van der Waals surface area contributed by atoms with Crippen molar-refractivity contribution >= 4 is 63.0 Å². The quantitative estimate of drug-likeness (QED) is 0.271. The van der Waals surface area contributed by atoms with E-state index < -0.39 is 11.5 Å². The van der Waals surface area contributed by atoms with Crippen molar-refractivity contribution in [1.82, 2.24) is 29.3 Å². The predicted molar refractivity (Wildman–Crippen MR) is 166 cm³/mol. The van der Waals surface area contributed by atoms with Gasteiger partial charge in [-0.15, -0.1) is 11.3 Å². The fraction of sp³-hybridized carbons (Fsp3) is 0.179. The van der Waals surface area contributed by atoms with E-state index in [0.29, 0.717) is 68.0 Å². The molecule has 1 saturated heterocycles. The SMILES string of the molecule is Cc1c(C(=O)Nc2ccc(-c3nc(-c4csc(N5CCCC5=O)n4)cnc3N)nc2)c(=O)n(-c2cc(Cl)ccc2Cl)n1C. The van der Waals surface area contributed by atoms with E-state index in [1.807, 2.05) is 5.38 Å². The maximum absolute atomic E-state index is 13.3. The van der Waals surface area contributed by atoms with Crippen LogP contribution in [0.25, 0.3) is 28.5 Å². The van der Waals surface area contributed by atoms with Gasteiger partial charge in [-0.3, -0.25) is 28.9 Å². The molecule has 0 atom stereocenters. The van der Waals surface area contributed by atoms with Crippen LogP contribution < -0.4 is 21.5 Å². The summed E-state index contributed by atoms with van der Waals surface area (Å²) in [5.74, 6) is -0.389. The number of carbonyl (C=O) groups excluding carboxylic acids is 2. The lowest BCUT2D eigenvalue weighted by Crippen LogP contribution is -2.25. The van der Waals surface area contributed by atoms with Gasteiger partial charge in [0.1, 0.15) is 22.6 Å². The second kappa shape index (κ2) is 11.2. The van der Waals surface area contributed by atoms with Gasteiger partial charge in [0.05, 0.1) is 40.2 Å². The van der Waals surface area contributed by atoms with Crippen LogP contribution >= 0.6 is 34.5 Å². The molecule has 1 aliphatic heterocycles. The average molecular weight is 637 g/mol. The molecule has 43 heavy (non-hydrogen) atoms. The van der Waals surface area contributed by atoms with Gasteiger partial charge in [0, 0.05) is 30.4 Å². The molecule has 218 valence electrons. The third-order valence-corrected chi connectivity index (χ3v) is 8.46. The molecule has 6 rings (SSSR count). The Morgan fingerprint density at radius 3 is 2.58 bits per heavy atom. The molecule has 1 fully saturated rings. The van der Waals surface area contributed by atoms with Crippen LogP contribution in [0.4, 0.5) is 16.6 Å². The van der Waals surface area contributed by atoms with E-state index in [-0.39, 0.29) is 17.3 Å². The van der Waals surface area contributed by atoms with Gasteiger partial charge in [0.25, 0.3) is 11.5 Å². The number of hydrogen-bond donors (Lipinski definition) is 2. The normalized spacial score (nSPS) is 13.1. The Bertz CT molecular complexity index is 1970. The Labute approximate surface area is 258 Å². The Morgan fingerprint density at radius 2 is 1.86 bits per heavy atom. The average Bonchev–Trinajstić information content (AvgIpc) is 3.69. The zero-order valence-corrected chi connectivity index (χ0v) is 25.2. The lowest BCUT2D eigenvalue weighted by molar-refractivity contribution is -0.117. The van der Waals surface area contributed by atoms with Crippen molar-refractivity contribution < 1.29 is 9.59 Å². The number of halogens is 2. The maximum atomic E-state index is 13.3. The molecule has 0 spiro atoms. The Kier molecular flexibility index (Phi) is 7.46. The number of aromatic nitrogens is 6. The second-order valence-corrected chi connectivity index (χ2v) is 11.4. The molecule has 0 radical (unpaired) electrons. The molecule has 15 heteroatoms. The summed E-state index contributed by atoms with van der Waals surface area (Å²) in [6.07, 6.45) is 4.28. The van der Waals surface area contributed by atoms with E-state index in [9.17, 15) is 14.4 Å². The largest absolute Gasteiger partial charge is 0.382 e. The summed E-state index contributed by atoms with van der Waals surface area (Å²) in [6.45, 7) is 2.31. The first-order chi connectivity index (χ1) is 20.6. The maximum Gasteiger partial charge on any atom is 0.284 e. The van der Waals surface area contributed by atoms with Crippen LogP contribution in [-0.2, 0) is 11.8 Å². The van der Waals surface area contributed by atoms with Crippen LogP contribution in [0.2, 0.25) is 10.0 Å². The summed E-state index contributed by atoms with van der Waals surface area (Å²) >= 11 is 13.8. The van der Waals surface area contributed by atoms with Gasteiger partial charge < -0.3 is 11.1 Å². The van der Waals surface area contributed by atoms with Crippen LogP contribution in [0.15, 0.2) is 52.9 Å². The first-order valence-corrected chi connectivity index (χ1v) is 14.7. The zero-order chi connectivity index (χ0) is 30.4. The Hall–Kier alpha value is -4.59. The number of nitrogens with one attached hydrogen (secondary N) is 1. The number of nitrogen functional groups attached to an aromatic ring is 1. The van der Waals surface area contributed by atoms with Gasteiger partial charge in [-0.05, 0) is 43.7 Å². The molecule has 1 aromatic carbocycles. The number of pyridine rings is 1. The highest BCUT2D eigenvalue weighted by molar-refractivity contribution is 7.14. The van der Waals surface area contributed by atoms with Gasteiger partial charge in [-0.2, -0.15) is 0 Å². The van der Waals surface area contributed by atoms with Gasteiger partial charge in [-0.25, -0.2) is 19.6 Å². The zero-order valence-electron chi connectivity index (χ0n) is 22.8. The van der Waals surface area contributed by atoms with Crippen molar-refractivity contribution in [3.63, 3.8) is 0 Å². The van der Waals surface area contributed by atoms with Crippen LogP contribution in [-0.4, -0.2) is 47.7 Å². The van der Waals surface area contributed by atoms with E-state index in [0.717, 1.165) is 6.42 Å². The van der Waals surface area contributed by atoms with E-state index in [1.165, 1.54) is 28.4 Å². The Morgan fingerprint density at radius 1 is 1.05 bits per heavy atom. The number of thiazole rings is 1. The first-order valence-electron chi connectivity index (χ1n) is 13.0. The monoisotopic (exact) mass is 635 g/mol. The summed E-state index contributed by atoms with van der Waals surface area (Å²) in [6, 6.07) is 8.01.